The Kier molecular flexibility index (Phi) is 7.27. The van der Waals surface area contributed by atoms with Gasteiger partial charge in [0, 0.05) is 6.54 Å². The normalized spacial score (nSPS) is 13.4. The van der Waals surface area contributed by atoms with E-state index < -0.39 is 22.1 Å². The molecule has 0 aliphatic heterocycles. The summed E-state index contributed by atoms with van der Waals surface area (Å²) in [5, 5.41) is 9.32. The minimum atomic E-state index is -3.51. The van der Waals surface area contributed by atoms with Gasteiger partial charge in [0.25, 0.3) is 0 Å². The van der Waals surface area contributed by atoms with E-state index in [1.807, 2.05) is 6.92 Å². The van der Waals surface area contributed by atoms with Crippen molar-refractivity contribution in [1.29, 1.82) is 0 Å². The van der Waals surface area contributed by atoms with Gasteiger partial charge in [0.2, 0.25) is 10.0 Å². The summed E-state index contributed by atoms with van der Waals surface area (Å²) in [7, 11) is -2.31. The Hall–Kier alpha value is -0.660. The smallest absolute Gasteiger partial charge is 0.306 e. The van der Waals surface area contributed by atoms with Crippen LogP contribution in [0.3, 0.4) is 0 Å². The molecule has 96 valence electrons. The molecule has 0 saturated heterocycles. The summed E-state index contributed by atoms with van der Waals surface area (Å²) in [6, 6.07) is 0. The molecule has 0 aromatic rings. The molecule has 0 rings (SSSR count). The van der Waals surface area contributed by atoms with Gasteiger partial charge in [-0.05, 0) is 6.42 Å². The fourth-order valence-corrected chi connectivity index (χ4v) is 2.08. The second-order valence-corrected chi connectivity index (χ2v) is 5.36. The fraction of sp³-hybridized carbons (Fsp3) is 0.889. The summed E-state index contributed by atoms with van der Waals surface area (Å²) in [6.45, 7) is 1.88. The molecule has 0 radical (unpaired) electrons. The Morgan fingerprint density at radius 2 is 2.12 bits per heavy atom. The van der Waals surface area contributed by atoms with Crippen LogP contribution in [0.5, 0.6) is 0 Å². The quantitative estimate of drug-likeness (QED) is 0.576. The van der Waals surface area contributed by atoms with Crippen LogP contribution in [-0.2, 0) is 19.6 Å². The summed E-state index contributed by atoms with van der Waals surface area (Å²) < 4.78 is 29.2. The molecule has 2 N–H and O–H groups in total. The van der Waals surface area contributed by atoms with Gasteiger partial charge in [-0.2, -0.15) is 0 Å². The summed E-state index contributed by atoms with van der Waals surface area (Å²) in [6.07, 6.45) is 0.457. The number of methoxy groups -OCH3 is 1. The number of esters is 1. The second-order valence-electron chi connectivity index (χ2n) is 3.44. The number of rotatable bonds is 8. The number of carbonyl (C=O) groups is 1. The lowest BCUT2D eigenvalue weighted by molar-refractivity contribution is -0.140. The molecule has 0 heterocycles. The maximum atomic E-state index is 11.3. The number of sulfonamides is 1. The predicted octanol–water partition coefficient (Wildman–Crippen LogP) is -0.370. The highest BCUT2D eigenvalue weighted by Gasteiger charge is 2.14. The zero-order valence-electron chi connectivity index (χ0n) is 9.60. The van der Waals surface area contributed by atoms with Crippen LogP contribution in [0, 0.1) is 0 Å². The van der Waals surface area contributed by atoms with Crippen LogP contribution in [0.1, 0.15) is 26.2 Å². The van der Waals surface area contributed by atoms with Crippen LogP contribution in [0.15, 0.2) is 0 Å². The third-order valence-electron chi connectivity index (χ3n) is 1.96. The molecule has 1 atom stereocenters. The number of carbonyl (C=O) groups excluding carboxylic acids is 1. The largest absolute Gasteiger partial charge is 0.469 e. The van der Waals surface area contributed by atoms with Gasteiger partial charge in [-0.25, -0.2) is 13.1 Å². The molecule has 0 fully saturated rings. The van der Waals surface area contributed by atoms with E-state index in [1.54, 1.807) is 0 Å². The monoisotopic (exact) mass is 253 g/mol. The lowest BCUT2D eigenvalue weighted by Crippen LogP contribution is -2.34. The molecule has 0 saturated carbocycles. The van der Waals surface area contributed by atoms with Gasteiger partial charge >= 0.3 is 5.97 Å². The molecule has 0 aliphatic carbocycles. The Labute approximate surface area is 96.0 Å². The number of aliphatic hydroxyl groups is 1. The number of nitrogens with one attached hydrogen (secondary N) is 1. The van der Waals surface area contributed by atoms with Crippen LogP contribution in [0.25, 0.3) is 0 Å². The van der Waals surface area contributed by atoms with Crippen molar-refractivity contribution >= 4 is 16.0 Å². The summed E-state index contributed by atoms with van der Waals surface area (Å²) in [4.78, 5) is 10.7. The second kappa shape index (κ2) is 7.59. The molecule has 6 nitrogen and oxygen atoms in total. The zero-order chi connectivity index (χ0) is 12.6. The van der Waals surface area contributed by atoms with E-state index in [4.69, 9.17) is 0 Å². The summed E-state index contributed by atoms with van der Waals surface area (Å²) >= 11 is 0. The third kappa shape index (κ3) is 7.61. The first-order valence-electron chi connectivity index (χ1n) is 5.13. The highest BCUT2D eigenvalue weighted by molar-refractivity contribution is 7.89. The number of ether oxygens (including phenoxy) is 1. The van der Waals surface area contributed by atoms with Crippen molar-refractivity contribution in [2.75, 3.05) is 19.4 Å². The van der Waals surface area contributed by atoms with Crippen LogP contribution < -0.4 is 4.72 Å². The summed E-state index contributed by atoms with van der Waals surface area (Å²) in [5.41, 5.74) is 0. The van der Waals surface area contributed by atoms with Crippen molar-refractivity contribution in [3.63, 3.8) is 0 Å². The van der Waals surface area contributed by atoms with Crippen molar-refractivity contribution in [2.24, 2.45) is 0 Å². The molecule has 0 amide bonds. The van der Waals surface area contributed by atoms with E-state index in [0.29, 0.717) is 6.42 Å². The van der Waals surface area contributed by atoms with Crippen LogP contribution in [-0.4, -0.2) is 45.0 Å². The van der Waals surface area contributed by atoms with Crippen LogP contribution in [0.2, 0.25) is 0 Å². The number of hydrogen-bond donors (Lipinski definition) is 2. The Bertz CT molecular complexity index is 301. The third-order valence-corrected chi connectivity index (χ3v) is 3.31. The molecule has 7 heteroatoms. The maximum Gasteiger partial charge on any atom is 0.306 e. The molecular weight excluding hydrogens is 234 g/mol. The first-order chi connectivity index (χ1) is 7.41. The Morgan fingerprint density at radius 1 is 1.50 bits per heavy atom. The first-order valence-corrected chi connectivity index (χ1v) is 6.78. The molecule has 0 spiro atoms. The van der Waals surface area contributed by atoms with Gasteiger partial charge in [-0.1, -0.05) is 13.3 Å². The Morgan fingerprint density at radius 3 is 2.62 bits per heavy atom. The van der Waals surface area contributed by atoms with Gasteiger partial charge in [0.05, 0.1) is 25.4 Å². The van der Waals surface area contributed by atoms with Gasteiger partial charge < -0.3 is 9.84 Å². The highest BCUT2D eigenvalue weighted by atomic mass is 32.2. The Balaban J connectivity index is 3.92. The highest BCUT2D eigenvalue weighted by Crippen LogP contribution is 1.97. The molecule has 0 bridgehead atoms. The topological polar surface area (TPSA) is 92.7 Å². The molecule has 16 heavy (non-hydrogen) atoms. The van der Waals surface area contributed by atoms with Crippen LogP contribution in [0.4, 0.5) is 0 Å². The average Bonchev–Trinajstić information content (AvgIpc) is 2.24. The van der Waals surface area contributed by atoms with Gasteiger partial charge in [-0.15, -0.1) is 0 Å². The van der Waals surface area contributed by atoms with Crippen molar-refractivity contribution in [3.8, 4) is 0 Å². The van der Waals surface area contributed by atoms with Crippen molar-refractivity contribution in [2.45, 2.75) is 32.3 Å². The van der Waals surface area contributed by atoms with E-state index in [0.717, 1.165) is 6.42 Å². The van der Waals surface area contributed by atoms with E-state index in [-0.39, 0.29) is 18.7 Å². The number of hydrogen-bond acceptors (Lipinski definition) is 5. The molecule has 0 aromatic heterocycles. The first kappa shape index (κ1) is 15.3. The molecule has 0 aromatic carbocycles. The van der Waals surface area contributed by atoms with Crippen molar-refractivity contribution in [1.82, 2.24) is 4.72 Å². The van der Waals surface area contributed by atoms with E-state index in [9.17, 15) is 18.3 Å². The van der Waals surface area contributed by atoms with Crippen LogP contribution >= 0.6 is 0 Å². The lowest BCUT2D eigenvalue weighted by atomic mass is 10.2. The summed E-state index contributed by atoms with van der Waals surface area (Å²) in [5.74, 6) is -0.891. The van der Waals surface area contributed by atoms with E-state index in [2.05, 4.69) is 9.46 Å². The average molecular weight is 253 g/mol. The van der Waals surface area contributed by atoms with Gasteiger partial charge in [-0.3, -0.25) is 4.79 Å². The molecular formula is C9H19NO5S. The van der Waals surface area contributed by atoms with Gasteiger partial charge in [0.1, 0.15) is 0 Å². The van der Waals surface area contributed by atoms with E-state index >= 15 is 0 Å². The molecule has 1 unspecified atom stereocenters. The van der Waals surface area contributed by atoms with Gasteiger partial charge in [0.15, 0.2) is 0 Å². The standard InChI is InChI=1S/C9H19NO5S/c1-3-4-8(11)7-10-16(13,14)6-5-9(12)15-2/h8,10-11H,3-7H2,1-2H3. The van der Waals surface area contributed by atoms with Crippen molar-refractivity contribution in [3.05, 3.63) is 0 Å². The van der Waals surface area contributed by atoms with E-state index in [1.165, 1.54) is 7.11 Å². The fourth-order valence-electron chi connectivity index (χ4n) is 1.05. The maximum absolute atomic E-state index is 11.3. The number of aliphatic hydroxyl groups excluding tert-OH is 1. The predicted molar refractivity (Wildman–Crippen MR) is 59.3 cm³/mol. The van der Waals surface area contributed by atoms with Crippen molar-refractivity contribution < 1.29 is 23.1 Å². The SMILES string of the molecule is CCCC(O)CNS(=O)(=O)CCC(=O)OC. The minimum absolute atomic E-state index is 0.0165. The molecule has 0 aliphatic rings. The zero-order valence-corrected chi connectivity index (χ0v) is 10.4. The minimum Gasteiger partial charge on any atom is -0.469 e. The lowest BCUT2D eigenvalue weighted by Gasteiger charge is -2.10.